The summed E-state index contributed by atoms with van der Waals surface area (Å²) in [5.41, 5.74) is 6.92. The summed E-state index contributed by atoms with van der Waals surface area (Å²) in [6.45, 7) is 6.97. The number of ether oxygens (including phenoxy) is 1. The number of nitrogens with one attached hydrogen (secondary N) is 2. The lowest BCUT2D eigenvalue weighted by Crippen LogP contribution is -2.53. The summed E-state index contributed by atoms with van der Waals surface area (Å²) in [7, 11) is 0. The van der Waals surface area contributed by atoms with Crippen LogP contribution in [0.5, 0.6) is 0 Å². The van der Waals surface area contributed by atoms with Crippen LogP contribution in [0, 0.1) is 10.8 Å². The molecule has 4 rings (SSSR count). The Balaban J connectivity index is 1.43. The van der Waals surface area contributed by atoms with Gasteiger partial charge >= 0.3 is 6.09 Å². The summed E-state index contributed by atoms with van der Waals surface area (Å²) < 4.78 is 5.37. The van der Waals surface area contributed by atoms with Gasteiger partial charge in [-0.1, -0.05) is 6.07 Å². The number of hydrogen-bond acceptors (Lipinski definition) is 5. The van der Waals surface area contributed by atoms with Gasteiger partial charge < -0.3 is 21.1 Å². The highest BCUT2D eigenvalue weighted by Gasteiger charge is 2.48. The molecule has 3 aliphatic rings. The zero-order valence-electron chi connectivity index (χ0n) is 18.5. The molecule has 0 radical (unpaired) electrons. The summed E-state index contributed by atoms with van der Waals surface area (Å²) in [5, 5.41) is 6.08. The number of fused-ring (bicyclic) bond motifs is 3. The van der Waals surface area contributed by atoms with Crippen molar-refractivity contribution in [3.05, 3.63) is 30.1 Å². The summed E-state index contributed by atoms with van der Waals surface area (Å²) in [6.07, 6.45) is 10.0. The van der Waals surface area contributed by atoms with E-state index >= 15 is 0 Å². The standard InChI is InChI=1S/C23H36N4O3/c1-21(2,3)30-20(29)27-16-23-9-6-22(7-10-23,8-11-23)15-26-19(28)18(24)13-17-5-4-12-25-14-17/h4-5,12,14,18H,6-11,13,15-16,24H2,1-3H3,(H,26,28)(H,27,29)/t18-,22?,23?/m0/s1. The molecule has 3 aliphatic carbocycles. The van der Waals surface area contributed by atoms with Crippen LogP contribution in [0.15, 0.2) is 24.5 Å². The van der Waals surface area contributed by atoms with Crippen LogP contribution in [0.4, 0.5) is 4.79 Å². The van der Waals surface area contributed by atoms with E-state index in [2.05, 4.69) is 15.6 Å². The summed E-state index contributed by atoms with van der Waals surface area (Å²) >= 11 is 0. The van der Waals surface area contributed by atoms with Gasteiger partial charge in [0.25, 0.3) is 0 Å². The van der Waals surface area contributed by atoms with Crippen molar-refractivity contribution in [2.24, 2.45) is 16.6 Å². The number of nitrogens with two attached hydrogens (primary N) is 1. The van der Waals surface area contributed by atoms with Gasteiger partial charge in [-0.15, -0.1) is 0 Å². The molecule has 166 valence electrons. The molecule has 3 fully saturated rings. The lowest BCUT2D eigenvalue weighted by Gasteiger charge is -2.53. The van der Waals surface area contributed by atoms with Crippen molar-refractivity contribution in [3.8, 4) is 0 Å². The van der Waals surface area contributed by atoms with E-state index in [0.29, 0.717) is 19.5 Å². The molecular formula is C23H36N4O3. The molecule has 1 heterocycles. The quantitative estimate of drug-likeness (QED) is 0.634. The molecule has 3 saturated carbocycles. The Morgan fingerprint density at radius 3 is 2.17 bits per heavy atom. The number of amides is 2. The Morgan fingerprint density at radius 1 is 1.10 bits per heavy atom. The fourth-order valence-corrected chi connectivity index (χ4v) is 4.72. The molecule has 7 heteroatoms. The van der Waals surface area contributed by atoms with Crippen LogP contribution in [-0.4, -0.2) is 41.7 Å². The zero-order chi connectivity index (χ0) is 21.8. The predicted molar refractivity (Wildman–Crippen MR) is 116 cm³/mol. The average molecular weight is 417 g/mol. The maximum absolute atomic E-state index is 12.5. The smallest absolute Gasteiger partial charge is 0.407 e. The van der Waals surface area contributed by atoms with Crippen LogP contribution >= 0.6 is 0 Å². The molecule has 2 amide bonds. The van der Waals surface area contributed by atoms with E-state index in [1.165, 1.54) is 0 Å². The molecule has 0 spiro atoms. The minimum Gasteiger partial charge on any atom is -0.444 e. The van der Waals surface area contributed by atoms with Gasteiger partial charge in [-0.25, -0.2) is 4.79 Å². The van der Waals surface area contributed by atoms with Crippen molar-refractivity contribution in [1.82, 2.24) is 15.6 Å². The number of nitrogens with zero attached hydrogens (tertiary/aromatic N) is 1. The Hall–Kier alpha value is -2.15. The number of alkyl carbamates (subject to hydrolysis) is 1. The summed E-state index contributed by atoms with van der Waals surface area (Å²) in [4.78, 5) is 28.6. The highest BCUT2D eigenvalue weighted by molar-refractivity contribution is 5.81. The highest BCUT2D eigenvalue weighted by atomic mass is 16.6. The van der Waals surface area contributed by atoms with E-state index in [9.17, 15) is 9.59 Å². The zero-order valence-corrected chi connectivity index (χ0v) is 18.5. The Morgan fingerprint density at radius 2 is 1.67 bits per heavy atom. The molecule has 1 aromatic rings. The first-order valence-corrected chi connectivity index (χ1v) is 11.0. The second-order valence-electron chi connectivity index (χ2n) is 10.2. The van der Waals surface area contributed by atoms with Crippen LogP contribution < -0.4 is 16.4 Å². The minimum atomic E-state index is -0.560. The third-order valence-electron chi connectivity index (χ3n) is 6.72. The van der Waals surface area contributed by atoms with Gasteiger partial charge in [0, 0.05) is 25.5 Å². The second-order valence-corrected chi connectivity index (χ2v) is 10.2. The number of hydrogen-bond donors (Lipinski definition) is 3. The first-order valence-electron chi connectivity index (χ1n) is 11.0. The lowest BCUT2D eigenvalue weighted by atomic mass is 9.53. The first kappa shape index (κ1) is 22.5. The van der Waals surface area contributed by atoms with Gasteiger partial charge in [-0.05, 0) is 88.2 Å². The molecule has 4 N–H and O–H groups in total. The van der Waals surface area contributed by atoms with Gasteiger partial charge in [0.1, 0.15) is 5.60 Å². The molecule has 2 bridgehead atoms. The number of carbonyl (C=O) groups is 2. The van der Waals surface area contributed by atoms with Crippen molar-refractivity contribution >= 4 is 12.0 Å². The van der Waals surface area contributed by atoms with Crippen molar-refractivity contribution in [3.63, 3.8) is 0 Å². The monoisotopic (exact) mass is 416 g/mol. The number of aromatic nitrogens is 1. The lowest BCUT2D eigenvalue weighted by molar-refractivity contribution is -0.123. The van der Waals surface area contributed by atoms with Gasteiger partial charge in [0.05, 0.1) is 6.04 Å². The second kappa shape index (κ2) is 8.92. The largest absolute Gasteiger partial charge is 0.444 e. The number of rotatable bonds is 7. The number of carbonyl (C=O) groups excluding carboxylic acids is 2. The topological polar surface area (TPSA) is 106 Å². The maximum Gasteiger partial charge on any atom is 0.407 e. The van der Waals surface area contributed by atoms with Crippen molar-refractivity contribution in [1.29, 1.82) is 0 Å². The van der Waals surface area contributed by atoms with Crippen molar-refractivity contribution < 1.29 is 14.3 Å². The maximum atomic E-state index is 12.5. The Bertz CT molecular complexity index is 720. The van der Waals surface area contributed by atoms with E-state index in [0.717, 1.165) is 44.1 Å². The number of pyridine rings is 1. The van der Waals surface area contributed by atoms with E-state index in [1.807, 2.05) is 32.9 Å². The summed E-state index contributed by atoms with van der Waals surface area (Å²) in [6, 6.07) is 3.23. The molecule has 30 heavy (non-hydrogen) atoms. The van der Waals surface area contributed by atoms with Gasteiger partial charge in [0.2, 0.25) is 5.91 Å². The van der Waals surface area contributed by atoms with Crippen molar-refractivity contribution in [2.45, 2.75) is 77.4 Å². The molecule has 0 unspecified atom stereocenters. The van der Waals surface area contributed by atoms with E-state index in [1.54, 1.807) is 12.4 Å². The van der Waals surface area contributed by atoms with Gasteiger partial charge in [0.15, 0.2) is 0 Å². The molecule has 0 saturated heterocycles. The van der Waals surface area contributed by atoms with Crippen molar-refractivity contribution in [2.75, 3.05) is 13.1 Å². The van der Waals surface area contributed by atoms with Crippen LogP contribution in [0.1, 0.15) is 64.9 Å². The SMILES string of the molecule is CC(C)(C)OC(=O)NCC12CCC(CNC(=O)[C@@H](N)Cc3cccnc3)(CC1)CC2. The predicted octanol–water partition coefficient (Wildman–Crippen LogP) is 2.93. The fraction of sp³-hybridized carbons (Fsp3) is 0.696. The first-order chi connectivity index (χ1) is 14.1. The summed E-state index contributed by atoms with van der Waals surface area (Å²) in [5.74, 6) is -0.0952. The van der Waals surface area contributed by atoms with Gasteiger partial charge in [-0.3, -0.25) is 9.78 Å². The molecule has 7 nitrogen and oxygen atoms in total. The van der Waals surface area contributed by atoms with Crippen LogP contribution in [0.25, 0.3) is 0 Å². The van der Waals surface area contributed by atoms with Crippen LogP contribution in [-0.2, 0) is 16.0 Å². The minimum absolute atomic E-state index is 0.0952. The average Bonchev–Trinajstić information content (AvgIpc) is 2.72. The van der Waals surface area contributed by atoms with E-state index < -0.39 is 11.6 Å². The van der Waals surface area contributed by atoms with Crippen LogP contribution in [0.3, 0.4) is 0 Å². The molecule has 1 aromatic heterocycles. The third-order valence-corrected chi connectivity index (χ3v) is 6.72. The Labute approximate surface area is 179 Å². The van der Waals surface area contributed by atoms with Gasteiger partial charge in [-0.2, -0.15) is 0 Å². The molecule has 0 aliphatic heterocycles. The molecule has 0 aromatic carbocycles. The fourth-order valence-electron chi connectivity index (χ4n) is 4.72. The third kappa shape index (κ3) is 5.94. The molecular weight excluding hydrogens is 380 g/mol. The van der Waals surface area contributed by atoms with Crippen LogP contribution in [0.2, 0.25) is 0 Å². The highest BCUT2D eigenvalue weighted by Crippen LogP contribution is 2.56. The Kier molecular flexibility index (Phi) is 6.70. The normalized spacial score (nSPS) is 26.7. The van der Waals surface area contributed by atoms with E-state index in [-0.39, 0.29) is 22.8 Å². The van der Waals surface area contributed by atoms with E-state index in [4.69, 9.17) is 10.5 Å². The molecule has 1 atom stereocenters.